The minimum atomic E-state index is -2.73. The Morgan fingerprint density at radius 1 is 0.365 bits per heavy atom. The van der Waals surface area contributed by atoms with E-state index in [0.29, 0.717) is 0 Å². The summed E-state index contributed by atoms with van der Waals surface area (Å²) in [6.07, 6.45) is 0. The molecular weight excluding hydrogens is 667 g/mol. The van der Waals surface area contributed by atoms with Gasteiger partial charge in [-0.1, -0.05) is 157 Å². The summed E-state index contributed by atoms with van der Waals surface area (Å²) >= 11 is 1.89. The van der Waals surface area contributed by atoms with Crippen LogP contribution in [0.15, 0.2) is 210 Å². The molecule has 0 N–H and O–H groups in total. The summed E-state index contributed by atoms with van der Waals surface area (Å²) in [6, 6.07) is 72.6. The molecule has 4 heteroatoms. The van der Waals surface area contributed by atoms with Crippen molar-refractivity contribution in [1.29, 1.82) is 0 Å². The number of benzene rings is 8. The molecule has 52 heavy (non-hydrogen) atoms. The third-order valence-electron chi connectivity index (χ3n) is 10.4. The van der Waals surface area contributed by atoms with Crippen LogP contribution in [0.1, 0.15) is 0 Å². The van der Waals surface area contributed by atoms with Gasteiger partial charge in [0.15, 0.2) is 8.07 Å². The zero-order valence-electron chi connectivity index (χ0n) is 28.3. The van der Waals surface area contributed by atoms with E-state index in [9.17, 15) is 0 Å². The second-order valence-electron chi connectivity index (χ2n) is 13.3. The number of hydrogen-bond donors (Lipinski definition) is 0. The maximum atomic E-state index is 6.97. The molecule has 8 aromatic rings. The van der Waals surface area contributed by atoms with E-state index in [4.69, 9.17) is 4.74 Å². The highest BCUT2D eigenvalue weighted by Crippen LogP contribution is 2.43. The van der Waals surface area contributed by atoms with Crippen LogP contribution in [-0.2, 0) is 0 Å². The molecule has 0 bridgehead atoms. The second-order valence-corrected chi connectivity index (χ2v) is 18.0. The molecule has 2 heterocycles. The first kappa shape index (κ1) is 30.7. The van der Waals surface area contributed by atoms with E-state index in [1.807, 2.05) is 11.8 Å². The zero-order chi connectivity index (χ0) is 34.5. The summed E-state index contributed by atoms with van der Waals surface area (Å²) < 4.78 is 6.97. The topological polar surface area (TPSA) is 12.5 Å². The molecule has 0 radical (unpaired) electrons. The molecule has 0 fully saturated rings. The highest BCUT2D eigenvalue weighted by Gasteiger charge is 2.52. The van der Waals surface area contributed by atoms with Crippen molar-refractivity contribution in [1.82, 2.24) is 0 Å². The molecule has 1 spiro atoms. The number of anilines is 3. The van der Waals surface area contributed by atoms with Crippen LogP contribution in [0.5, 0.6) is 11.5 Å². The van der Waals surface area contributed by atoms with Gasteiger partial charge in [0, 0.05) is 32.9 Å². The lowest BCUT2D eigenvalue weighted by Crippen LogP contribution is -2.77. The summed E-state index contributed by atoms with van der Waals surface area (Å²) in [5.74, 6) is 1.87. The van der Waals surface area contributed by atoms with Gasteiger partial charge < -0.3 is 9.64 Å². The van der Waals surface area contributed by atoms with Crippen molar-refractivity contribution in [3.05, 3.63) is 200 Å². The van der Waals surface area contributed by atoms with Gasteiger partial charge in [0.1, 0.15) is 11.5 Å². The van der Waals surface area contributed by atoms with E-state index < -0.39 is 8.07 Å². The largest absolute Gasteiger partial charge is 0.457 e. The Morgan fingerprint density at radius 3 is 1.54 bits per heavy atom. The second kappa shape index (κ2) is 12.6. The Kier molecular flexibility index (Phi) is 7.45. The molecular formula is C48H33NOSSi. The molecule has 2 aliphatic heterocycles. The standard InChI is InChI=1S/C48H33NOSSi/c1-4-16-34(17-5-1)39-30-28-37(32-40(39)35-18-6-2-7-19-35)49(36-20-8-3-9-21-36)38-29-31-46-42(33-38)50-41-22-10-13-25-45(41)52(46)47-26-14-11-23-43(47)51-44-24-12-15-27-48(44)52/h1-33H. The molecule has 246 valence electrons. The van der Waals surface area contributed by atoms with Crippen molar-refractivity contribution in [2.75, 3.05) is 4.90 Å². The van der Waals surface area contributed by atoms with Crippen LogP contribution < -0.4 is 30.4 Å². The van der Waals surface area contributed by atoms with E-state index in [-0.39, 0.29) is 0 Å². The molecule has 0 unspecified atom stereocenters. The van der Waals surface area contributed by atoms with Gasteiger partial charge in [-0.05, 0) is 91.5 Å². The Bertz CT molecular complexity index is 2530. The highest BCUT2D eigenvalue weighted by atomic mass is 32.2. The number of ether oxygens (including phenoxy) is 1. The van der Waals surface area contributed by atoms with Crippen molar-refractivity contribution in [2.45, 2.75) is 9.79 Å². The van der Waals surface area contributed by atoms with E-state index in [1.165, 1.54) is 52.8 Å². The lowest BCUT2D eigenvalue weighted by molar-refractivity contribution is 0.487. The quantitative estimate of drug-likeness (QED) is 0.166. The van der Waals surface area contributed by atoms with Crippen LogP contribution in [0.4, 0.5) is 17.1 Å². The average Bonchev–Trinajstić information content (AvgIpc) is 3.22. The summed E-state index contributed by atoms with van der Waals surface area (Å²) in [6.45, 7) is 0. The van der Waals surface area contributed by atoms with E-state index in [2.05, 4.69) is 205 Å². The molecule has 8 aromatic carbocycles. The fourth-order valence-corrected chi connectivity index (χ4v) is 15.3. The molecule has 0 aromatic heterocycles. The van der Waals surface area contributed by atoms with Crippen LogP contribution in [0.2, 0.25) is 0 Å². The third kappa shape index (κ3) is 4.87. The lowest BCUT2D eigenvalue weighted by atomic mass is 9.93. The minimum absolute atomic E-state index is 0.921. The van der Waals surface area contributed by atoms with Gasteiger partial charge in [-0.15, -0.1) is 0 Å². The van der Waals surface area contributed by atoms with Crippen molar-refractivity contribution in [3.63, 3.8) is 0 Å². The Morgan fingerprint density at radius 2 is 0.865 bits per heavy atom. The number of hydrogen-bond acceptors (Lipinski definition) is 3. The van der Waals surface area contributed by atoms with Crippen molar-refractivity contribution >= 4 is 57.6 Å². The third-order valence-corrected chi connectivity index (χ3v) is 16.8. The van der Waals surface area contributed by atoms with Crippen LogP contribution in [0.25, 0.3) is 22.3 Å². The Labute approximate surface area is 309 Å². The van der Waals surface area contributed by atoms with Gasteiger partial charge in [0.05, 0.1) is 0 Å². The fraction of sp³-hybridized carbons (Fsp3) is 0. The van der Waals surface area contributed by atoms with E-state index in [0.717, 1.165) is 28.6 Å². The van der Waals surface area contributed by atoms with Crippen LogP contribution in [0.3, 0.4) is 0 Å². The summed E-state index contributed by atoms with van der Waals surface area (Å²) in [5, 5.41) is 5.44. The van der Waals surface area contributed by atoms with Gasteiger partial charge in [-0.3, -0.25) is 0 Å². The molecule has 0 saturated carbocycles. The van der Waals surface area contributed by atoms with Crippen molar-refractivity contribution < 1.29 is 4.74 Å². The first-order chi connectivity index (χ1) is 25.8. The summed E-state index contributed by atoms with van der Waals surface area (Å²) in [4.78, 5) is 5.02. The predicted octanol–water partition coefficient (Wildman–Crippen LogP) is 10.4. The minimum Gasteiger partial charge on any atom is -0.457 e. The van der Waals surface area contributed by atoms with Crippen LogP contribution >= 0.6 is 11.8 Å². The van der Waals surface area contributed by atoms with Gasteiger partial charge in [0.2, 0.25) is 0 Å². The number of rotatable bonds is 5. The molecule has 2 aliphatic rings. The smallest absolute Gasteiger partial charge is 0.190 e. The van der Waals surface area contributed by atoms with Crippen molar-refractivity contribution in [3.8, 4) is 33.8 Å². The van der Waals surface area contributed by atoms with E-state index in [1.54, 1.807) is 0 Å². The molecule has 0 amide bonds. The first-order valence-electron chi connectivity index (χ1n) is 17.7. The average molecular weight is 700 g/mol. The summed E-state index contributed by atoms with van der Waals surface area (Å²) in [5.41, 5.74) is 7.98. The van der Waals surface area contributed by atoms with Crippen LogP contribution in [-0.4, -0.2) is 8.07 Å². The van der Waals surface area contributed by atoms with Gasteiger partial charge in [-0.25, -0.2) is 0 Å². The first-order valence-corrected chi connectivity index (χ1v) is 20.5. The Balaban J connectivity index is 1.20. The zero-order valence-corrected chi connectivity index (χ0v) is 30.1. The Hall–Kier alpha value is -6.07. The molecule has 0 atom stereocenters. The number of fused-ring (bicyclic) bond motifs is 8. The molecule has 2 nitrogen and oxygen atoms in total. The number of nitrogens with zero attached hydrogens (tertiary/aromatic N) is 1. The predicted molar refractivity (Wildman–Crippen MR) is 220 cm³/mol. The van der Waals surface area contributed by atoms with E-state index >= 15 is 0 Å². The highest BCUT2D eigenvalue weighted by molar-refractivity contribution is 8.00. The van der Waals surface area contributed by atoms with Crippen LogP contribution in [0, 0.1) is 0 Å². The molecule has 10 rings (SSSR count). The molecule has 0 aliphatic carbocycles. The SMILES string of the molecule is c1ccc(-c2ccc(N(c3ccccc3)c3ccc4c(c3)Oc3ccccc3[Si]43c4ccccc4Sc4ccccc43)cc2-c2ccccc2)cc1. The normalized spacial score (nSPS) is 13.2. The maximum absolute atomic E-state index is 6.97. The van der Waals surface area contributed by atoms with Gasteiger partial charge in [-0.2, -0.15) is 0 Å². The fourth-order valence-electron chi connectivity index (χ4n) is 8.17. The monoisotopic (exact) mass is 699 g/mol. The molecule has 0 saturated heterocycles. The van der Waals surface area contributed by atoms with Crippen molar-refractivity contribution in [2.24, 2.45) is 0 Å². The lowest BCUT2D eigenvalue weighted by Gasteiger charge is -2.43. The van der Waals surface area contributed by atoms with Gasteiger partial charge in [0.25, 0.3) is 0 Å². The summed E-state index contributed by atoms with van der Waals surface area (Å²) in [7, 11) is -2.73. The van der Waals surface area contributed by atoms with Gasteiger partial charge >= 0.3 is 0 Å². The number of para-hydroxylation sites is 2. The maximum Gasteiger partial charge on any atom is 0.190 e.